The molecule has 2 heterocycles. The predicted molar refractivity (Wildman–Crippen MR) is 137 cm³/mol. The Morgan fingerprint density at radius 1 is 1.06 bits per heavy atom. The van der Waals surface area contributed by atoms with Crippen LogP contribution in [0.5, 0.6) is 0 Å². The number of benzene rings is 2. The molecule has 0 saturated carbocycles. The van der Waals surface area contributed by atoms with Gasteiger partial charge in [-0.25, -0.2) is 14.2 Å². The van der Waals surface area contributed by atoms with E-state index in [1.54, 1.807) is 55.0 Å². The van der Waals surface area contributed by atoms with E-state index in [1.807, 2.05) is 19.1 Å². The van der Waals surface area contributed by atoms with Crippen molar-refractivity contribution in [3.05, 3.63) is 108 Å². The number of nitrogens with zero attached hydrogens (tertiary/aromatic N) is 2. The number of aliphatic imine (C=N–C) groups is 1. The highest BCUT2D eigenvalue weighted by atomic mass is 19.1. The highest BCUT2D eigenvalue weighted by Crippen LogP contribution is 2.25. The van der Waals surface area contributed by atoms with Gasteiger partial charge < -0.3 is 15.6 Å². The molecule has 0 unspecified atom stereocenters. The molecule has 4 rings (SSSR count). The molecule has 0 bridgehead atoms. The summed E-state index contributed by atoms with van der Waals surface area (Å²) < 4.78 is 13.3. The highest BCUT2D eigenvalue weighted by molar-refractivity contribution is 6.16. The molecule has 4 aromatic rings. The van der Waals surface area contributed by atoms with Crippen molar-refractivity contribution in [3.63, 3.8) is 0 Å². The first-order valence-electron chi connectivity index (χ1n) is 10.7. The number of hydrogen-bond acceptors (Lipinski definition) is 4. The predicted octanol–water partition coefficient (Wildman–Crippen LogP) is 6.19. The molecule has 0 saturated heterocycles. The number of halogens is 1. The first-order valence-corrected chi connectivity index (χ1v) is 10.7. The van der Waals surface area contributed by atoms with Crippen LogP contribution in [-0.2, 0) is 0 Å². The van der Waals surface area contributed by atoms with E-state index < -0.39 is 11.8 Å². The maximum atomic E-state index is 13.3. The highest BCUT2D eigenvalue weighted by Gasteiger charge is 2.16. The quantitative estimate of drug-likeness (QED) is 0.172. The van der Waals surface area contributed by atoms with Gasteiger partial charge in [0, 0.05) is 46.5 Å². The van der Waals surface area contributed by atoms with E-state index in [0.717, 1.165) is 11.1 Å². The second-order valence-electron chi connectivity index (χ2n) is 7.70. The Morgan fingerprint density at radius 3 is 2.54 bits per heavy atom. The van der Waals surface area contributed by atoms with Gasteiger partial charge in [-0.1, -0.05) is 24.3 Å². The summed E-state index contributed by atoms with van der Waals surface area (Å²) in [6, 6.07) is 13.5. The number of rotatable bonds is 7. The van der Waals surface area contributed by atoms with Crippen LogP contribution in [0.25, 0.3) is 16.6 Å². The number of aromatic amines is 1. The van der Waals surface area contributed by atoms with Gasteiger partial charge in [0.25, 0.3) is 0 Å². The average Bonchev–Trinajstić information content (AvgIpc) is 3.27. The Balaban J connectivity index is 1.56. The van der Waals surface area contributed by atoms with Crippen molar-refractivity contribution >= 4 is 46.5 Å². The summed E-state index contributed by atoms with van der Waals surface area (Å²) in [6.45, 7) is 5.35. The van der Waals surface area contributed by atoms with Crippen LogP contribution in [0.1, 0.15) is 28.4 Å². The summed E-state index contributed by atoms with van der Waals surface area (Å²) >= 11 is 0. The van der Waals surface area contributed by atoms with Gasteiger partial charge in [-0.3, -0.25) is 9.79 Å². The first kappa shape index (κ1) is 23.3. The number of anilines is 2. The monoisotopic (exact) mass is 467 g/mol. The van der Waals surface area contributed by atoms with Gasteiger partial charge in [-0.05, 0) is 67.3 Å². The van der Waals surface area contributed by atoms with Gasteiger partial charge >= 0.3 is 6.03 Å². The van der Waals surface area contributed by atoms with Gasteiger partial charge in [-0.15, -0.1) is 0 Å². The molecule has 8 heteroatoms. The van der Waals surface area contributed by atoms with Crippen molar-refractivity contribution in [2.75, 3.05) is 10.6 Å². The van der Waals surface area contributed by atoms with Gasteiger partial charge in [0.15, 0.2) is 5.78 Å². The Kier molecular flexibility index (Phi) is 6.92. The molecule has 0 radical (unpaired) electrons. The molecule has 7 nitrogen and oxygen atoms in total. The first-order chi connectivity index (χ1) is 16.9. The van der Waals surface area contributed by atoms with Crippen LogP contribution in [0, 0.1) is 5.82 Å². The number of pyridine rings is 1. The summed E-state index contributed by atoms with van der Waals surface area (Å²) in [6.07, 6.45) is 8.60. The number of aromatic nitrogens is 2. The summed E-state index contributed by atoms with van der Waals surface area (Å²) in [5.74, 6) is -0.676. The fourth-order valence-electron chi connectivity index (χ4n) is 3.50. The van der Waals surface area contributed by atoms with Crippen molar-refractivity contribution in [1.29, 1.82) is 0 Å². The lowest BCUT2D eigenvalue weighted by molar-refractivity contribution is 0.104. The number of ketones is 1. The van der Waals surface area contributed by atoms with Gasteiger partial charge in [0.2, 0.25) is 0 Å². The van der Waals surface area contributed by atoms with Crippen molar-refractivity contribution in [3.8, 4) is 0 Å². The number of urea groups is 1. The van der Waals surface area contributed by atoms with Crippen LogP contribution in [0.4, 0.5) is 20.6 Å². The lowest BCUT2D eigenvalue weighted by Crippen LogP contribution is -2.19. The van der Waals surface area contributed by atoms with Crippen molar-refractivity contribution in [2.45, 2.75) is 6.92 Å². The number of fused-ring (bicyclic) bond motifs is 1. The molecular formula is C27H22FN5O2. The van der Waals surface area contributed by atoms with Gasteiger partial charge in [0.1, 0.15) is 11.5 Å². The number of hydrogen-bond donors (Lipinski definition) is 3. The summed E-state index contributed by atoms with van der Waals surface area (Å²) in [4.78, 5) is 36.8. The zero-order valence-corrected chi connectivity index (χ0v) is 18.9. The zero-order chi connectivity index (χ0) is 24.8. The molecule has 2 aromatic carbocycles. The fraction of sp³-hybridized carbons (Fsp3) is 0.0370. The molecule has 0 aliphatic rings. The molecule has 174 valence electrons. The van der Waals surface area contributed by atoms with Crippen LogP contribution >= 0.6 is 0 Å². The molecule has 0 fully saturated rings. The van der Waals surface area contributed by atoms with Gasteiger partial charge in [-0.2, -0.15) is 0 Å². The molecule has 0 atom stereocenters. The molecule has 0 aliphatic heterocycles. The number of carbonyl (C=O) groups excluding carboxylic acids is 2. The van der Waals surface area contributed by atoms with Crippen LogP contribution in [0.3, 0.4) is 0 Å². The maximum Gasteiger partial charge on any atom is 0.323 e. The Labute approximate surface area is 201 Å². The van der Waals surface area contributed by atoms with Crippen LogP contribution in [-0.4, -0.2) is 28.5 Å². The number of nitrogens with one attached hydrogen (secondary N) is 3. The Bertz CT molecular complexity index is 1490. The zero-order valence-electron chi connectivity index (χ0n) is 18.9. The van der Waals surface area contributed by atoms with Crippen molar-refractivity contribution in [2.24, 2.45) is 4.99 Å². The largest absolute Gasteiger partial charge is 0.345 e. The number of H-pyrrole nitrogens is 1. The van der Waals surface area contributed by atoms with Crippen molar-refractivity contribution < 1.29 is 14.0 Å². The third-order valence-corrected chi connectivity index (χ3v) is 5.23. The third kappa shape index (κ3) is 5.56. The maximum absolute atomic E-state index is 13.3. The normalized spacial score (nSPS) is 11.5. The topological polar surface area (TPSA) is 99.2 Å². The molecule has 2 amide bonds. The van der Waals surface area contributed by atoms with Crippen LogP contribution in [0.15, 0.2) is 90.3 Å². The summed E-state index contributed by atoms with van der Waals surface area (Å²) in [5.41, 5.74) is 4.01. The molecular weight excluding hydrogens is 445 g/mol. The summed E-state index contributed by atoms with van der Waals surface area (Å²) in [5, 5.41) is 5.91. The van der Waals surface area contributed by atoms with Crippen LogP contribution in [0.2, 0.25) is 0 Å². The van der Waals surface area contributed by atoms with Gasteiger partial charge in [0.05, 0.1) is 0 Å². The van der Waals surface area contributed by atoms with E-state index in [-0.39, 0.29) is 5.78 Å². The molecule has 0 spiro atoms. The fourth-order valence-corrected chi connectivity index (χ4v) is 3.50. The number of allylic oxidation sites excluding steroid dienone is 3. The SMILES string of the molecule is C=N/C=C\C=C(/C)c1cnc2[nH]cc(C(=O)c3cccc(NC(=O)Nc4cccc(F)c4)c3)c2c1. The smallest absolute Gasteiger partial charge is 0.323 e. The second kappa shape index (κ2) is 10.4. The second-order valence-corrected chi connectivity index (χ2v) is 7.70. The van der Waals surface area contributed by atoms with E-state index in [2.05, 4.69) is 32.3 Å². The lowest BCUT2D eigenvalue weighted by atomic mass is 10.0. The van der Waals surface area contributed by atoms with E-state index >= 15 is 0 Å². The minimum atomic E-state index is -0.552. The minimum absolute atomic E-state index is 0.221. The summed E-state index contributed by atoms with van der Waals surface area (Å²) in [7, 11) is 0. The van der Waals surface area contributed by atoms with E-state index in [4.69, 9.17) is 0 Å². The number of carbonyl (C=O) groups is 2. The Hall–Kier alpha value is -4.85. The van der Waals surface area contributed by atoms with E-state index in [0.29, 0.717) is 33.5 Å². The number of amides is 2. The minimum Gasteiger partial charge on any atom is -0.345 e. The third-order valence-electron chi connectivity index (χ3n) is 5.23. The average molecular weight is 468 g/mol. The molecule has 0 aliphatic carbocycles. The van der Waals surface area contributed by atoms with Crippen LogP contribution < -0.4 is 10.6 Å². The molecule has 3 N–H and O–H groups in total. The Morgan fingerprint density at radius 2 is 1.80 bits per heavy atom. The van der Waals surface area contributed by atoms with E-state index in [1.165, 1.54) is 18.2 Å². The standard InChI is InChI=1S/C27H22FN5O2/c1-17(6-5-11-29-2)19-13-23-24(16-31-26(23)30-15-19)25(34)18-7-3-9-21(12-18)32-27(35)33-22-10-4-8-20(28)14-22/h3-16H,2H2,1H3,(H,30,31)(H2,32,33,35)/b11-5-,17-6+. The molecule has 35 heavy (non-hydrogen) atoms. The molecule has 2 aromatic heterocycles. The van der Waals surface area contributed by atoms with Crippen molar-refractivity contribution in [1.82, 2.24) is 9.97 Å². The lowest BCUT2D eigenvalue weighted by Gasteiger charge is -2.09. The van der Waals surface area contributed by atoms with E-state index in [9.17, 15) is 14.0 Å².